The molecule has 1 N–H and O–H groups in total. The molecular formula is C15H20NO. The molecule has 2 rings (SSSR count). The Hall–Kier alpha value is -1.28. The highest BCUT2D eigenvalue weighted by Gasteiger charge is 2.22. The topological polar surface area (TPSA) is 34.3 Å². The number of fused-ring (bicyclic) bond motifs is 1. The molecule has 0 aromatic heterocycles. The van der Waals surface area contributed by atoms with Gasteiger partial charge in [-0.25, -0.2) is 0 Å². The molecule has 1 heterocycles. The molecule has 0 bridgehead atoms. The maximum absolute atomic E-state index is 8.88. The fraction of sp³-hybridized carbons (Fsp3) is 0.467. The van der Waals surface area contributed by atoms with E-state index in [1.165, 1.54) is 11.1 Å². The maximum Gasteiger partial charge on any atom is 0.0718 e. The Morgan fingerprint density at radius 1 is 1.35 bits per heavy atom. The second-order valence-electron chi connectivity index (χ2n) is 4.83. The van der Waals surface area contributed by atoms with Crippen LogP contribution in [0, 0.1) is 5.92 Å². The van der Waals surface area contributed by atoms with Gasteiger partial charge < -0.3 is 5.11 Å². The highest BCUT2D eigenvalue weighted by atomic mass is 16.2. The van der Waals surface area contributed by atoms with Crippen molar-refractivity contribution < 1.29 is 5.11 Å². The van der Waals surface area contributed by atoms with E-state index >= 15 is 0 Å². The van der Waals surface area contributed by atoms with Crippen molar-refractivity contribution in [3.8, 4) is 0 Å². The molecule has 0 fully saturated rings. The van der Waals surface area contributed by atoms with Crippen molar-refractivity contribution in [3.05, 3.63) is 35.9 Å². The number of para-hydroxylation sites is 1. The van der Waals surface area contributed by atoms with Gasteiger partial charge in [0, 0.05) is 12.2 Å². The van der Waals surface area contributed by atoms with Crippen LogP contribution in [0.3, 0.4) is 0 Å². The lowest BCUT2D eigenvalue weighted by molar-refractivity contribution is 0.268. The third-order valence-electron chi connectivity index (χ3n) is 3.44. The number of aliphatic hydroxyl groups excluding tert-OH is 1. The molecule has 2 unspecified atom stereocenters. The van der Waals surface area contributed by atoms with Crippen LogP contribution in [0.1, 0.15) is 32.3 Å². The summed E-state index contributed by atoms with van der Waals surface area (Å²) in [5.41, 5.74) is 3.67. The smallest absolute Gasteiger partial charge is 0.0718 e. The molecule has 0 saturated carbocycles. The third kappa shape index (κ3) is 2.70. The van der Waals surface area contributed by atoms with Gasteiger partial charge in [0.2, 0.25) is 0 Å². The fourth-order valence-electron chi connectivity index (χ4n) is 2.34. The Bertz CT molecular complexity index is 411. The van der Waals surface area contributed by atoms with E-state index in [-0.39, 0.29) is 12.6 Å². The van der Waals surface area contributed by atoms with E-state index in [4.69, 9.17) is 10.4 Å². The molecule has 17 heavy (non-hydrogen) atoms. The molecule has 0 aliphatic carbocycles. The number of benzene rings is 1. The van der Waals surface area contributed by atoms with Crippen molar-refractivity contribution in [1.29, 1.82) is 0 Å². The van der Waals surface area contributed by atoms with Gasteiger partial charge in [-0.3, -0.25) is 5.32 Å². The van der Waals surface area contributed by atoms with E-state index in [1.807, 2.05) is 6.07 Å². The molecule has 2 atom stereocenters. The van der Waals surface area contributed by atoms with Gasteiger partial charge in [0.1, 0.15) is 0 Å². The van der Waals surface area contributed by atoms with Crippen molar-refractivity contribution >= 4 is 11.3 Å². The summed E-state index contributed by atoms with van der Waals surface area (Å²) in [6, 6.07) is 8.56. The van der Waals surface area contributed by atoms with Gasteiger partial charge in [0.15, 0.2) is 0 Å². The molecule has 0 saturated heterocycles. The van der Waals surface area contributed by atoms with Crippen LogP contribution in [0.2, 0.25) is 0 Å². The number of rotatable bonds is 4. The zero-order valence-corrected chi connectivity index (χ0v) is 10.6. The van der Waals surface area contributed by atoms with Gasteiger partial charge in [-0.1, -0.05) is 31.2 Å². The summed E-state index contributed by atoms with van der Waals surface area (Å²) >= 11 is 0. The van der Waals surface area contributed by atoms with Crippen LogP contribution in [0.4, 0.5) is 5.69 Å². The number of nitrogens with zero attached hydrogens (tertiary/aromatic N) is 1. The first-order valence-corrected chi connectivity index (χ1v) is 6.32. The summed E-state index contributed by atoms with van der Waals surface area (Å²) in [6.07, 6.45) is 4.14. The van der Waals surface area contributed by atoms with Gasteiger partial charge in [0.05, 0.1) is 11.7 Å². The van der Waals surface area contributed by atoms with Gasteiger partial charge in [-0.2, -0.15) is 0 Å². The standard InChI is InChI=1S/C15H20NO/c1-11(6-5-9-17)15-10-12(2)13-7-3-4-8-14(13)16-15/h3-4,7-8,10-11,15,17H,5-6,9H2,1-2H3. The predicted molar refractivity (Wildman–Crippen MR) is 71.2 cm³/mol. The highest BCUT2D eigenvalue weighted by molar-refractivity contribution is 5.75. The second kappa shape index (κ2) is 5.37. The summed E-state index contributed by atoms with van der Waals surface area (Å²) in [4.78, 5) is 0. The minimum atomic E-state index is 0.261. The van der Waals surface area contributed by atoms with E-state index in [9.17, 15) is 0 Å². The Morgan fingerprint density at radius 3 is 2.88 bits per heavy atom. The Kier molecular flexibility index (Phi) is 3.85. The Balaban J connectivity index is 2.13. The van der Waals surface area contributed by atoms with E-state index in [0.29, 0.717) is 5.92 Å². The first-order chi connectivity index (χ1) is 8.22. The number of hydrogen-bond donors (Lipinski definition) is 1. The summed E-state index contributed by atoms with van der Waals surface area (Å²) in [6.45, 7) is 4.64. The summed E-state index contributed by atoms with van der Waals surface area (Å²) in [5, 5.41) is 13.7. The van der Waals surface area contributed by atoms with Crippen LogP contribution in [0.15, 0.2) is 30.3 Å². The fourth-order valence-corrected chi connectivity index (χ4v) is 2.34. The van der Waals surface area contributed by atoms with E-state index < -0.39 is 0 Å². The lowest BCUT2D eigenvalue weighted by Gasteiger charge is -2.27. The molecule has 1 aromatic carbocycles. The minimum Gasteiger partial charge on any atom is -0.396 e. The summed E-state index contributed by atoms with van der Waals surface area (Å²) in [5.74, 6) is 0.491. The van der Waals surface area contributed by atoms with Crippen molar-refractivity contribution in [1.82, 2.24) is 5.32 Å². The molecule has 2 nitrogen and oxygen atoms in total. The number of aliphatic hydroxyl groups is 1. The average Bonchev–Trinajstić information content (AvgIpc) is 2.36. The molecule has 1 radical (unpaired) electrons. The van der Waals surface area contributed by atoms with Crippen LogP contribution in [0.25, 0.3) is 5.57 Å². The number of hydrogen-bond acceptors (Lipinski definition) is 1. The molecule has 1 aliphatic rings. The number of allylic oxidation sites excluding steroid dienone is 1. The van der Waals surface area contributed by atoms with Crippen molar-refractivity contribution in [2.24, 2.45) is 5.92 Å². The van der Waals surface area contributed by atoms with E-state index in [1.54, 1.807) is 0 Å². The van der Waals surface area contributed by atoms with Crippen molar-refractivity contribution in [2.45, 2.75) is 32.7 Å². The first-order valence-electron chi connectivity index (χ1n) is 6.32. The average molecular weight is 230 g/mol. The maximum atomic E-state index is 8.88. The summed E-state index contributed by atoms with van der Waals surface area (Å²) in [7, 11) is 0. The minimum absolute atomic E-state index is 0.261. The van der Waals surface area contributed by atoms with Gasteiger partial charge >= 0.3 is 0 Å². The Morgan fingerprint density at radius 2 is 2.12 bits per heavy atom. The molecule has 0 amide bonds. The predicted octanol–water partition coefficient (Wildman–Crippen LogP) is 3.12. The second-order valence-corrected chi connectivity index (χ2v) is 4.83. The highest BCUT2D eigenvalue weighted by Crippen LogP contribution is 2.32. The van der Waals surface area contributed by atoms with Crippen LogP contribution in [-0.2, 0) is 0 Å². The van der Waals surface area contributed by atoms with Crippen LogP contribution >= 0.6 is 0 Å². The van der Waals surface area contributed by atoms with Gasteiger partial charge in [-0.15, -0.1) is 0 Å². The molecular weight excluding hydrogens is 210 g/mol. The first kappa shape index (κ1) is 12.2. The van der Waals surface area contributed by atoms with Gasteiger partial charge in [0.25, 0.3) is 0 Å². The molecule has 0 spiro atoms. The SMILES string of the molecule is CC1=CC(C(C)CCCO)[N]c2ccccc21. The Labute approximate surface area is 103 Å². The largest absolute Gasteiger partial charge is 0.396 e. The molecule has 2 heteroatoms. The monoisotopic (exact) mass is 230 g/mol. The van der Waals surface area contributed by atoms with E-state index in [0.717, 1.165) is 18.5 Å². The van der Waals surface area contributed by atoms with Crippen molar-refractivity contribution in [3.63, 3.8) is 0 Å². The summed E-state index contributed by atoms with van der Waals surface area (Å²) < 4.78 is 0. The lowest BCUT2D eigenvalue weighted by atomic mass is 9.89. The van der Waals surface area contributed by atoms with Crippen molar-refractivity contribution in [2.75, 3.05) is 6.61 Å². The zero-order chi connectivity index (χ0) is 12.3. The van der Waals surface area contributed by atoms with Crippen LogP contribution in [0.5, 0.6) is 0 Å². The van der Waals surface area contributed by atoms with Gasteiger partial charge in [-0.05, 0) is 37.3 Å². The quantitative estimate of drug-likeness (QED) is 0.847. The molecule has 1 aliphatic heterocycles. The zero-order valence-electron chi connectivity index (χ0n) is 10.6. The molecule has 1 aromatic rings. The van der Waals surface area contributed by atoms with Crippen LogP contribution < -0.4 is 5.32 Å². The van der Waals surface area contributed by atoms with E-state index in [2.05, 4.69) is 38.1 Å². The molecule has 91 valence electrons. The third-order valence-corrected chi connectivity index (χ3v) is 3.44. The van der Waals surface area contributed by atoms with Crippen LogP contribution in [-0.4, -0.2) is 17.8 Å². The lowest BCUT2D eigenvalue weighted by Crippen LogP contribution is -2.27. The normalized spacial score (nSPS) is 20.2.